The smallest absolute Gasteiger partial charge is 0.303 e. The molecule has 1 heterocycles. The summed E-state index contributed by atoms with van der Waals surface area (Å²) >= 11 is 1.58. The number of ether oxygens (including phenoxy) is 1. The molecular formula is C26H24N2O3S. The van der Waals surface area contributed by atoms with Gasteiger partial charge in [-0.3, -0.25) is 9.36 Å². The van der Waals surface area contributed by atoms with Gasteiger partial charge in [0.25, 0.3) is 0 Å². The fourth-order valence-corrected chi connectivity index (χ4v) is 4.47. The van der Waals surface area contributed by atoms with E-state index in [1.807, 2.05) is 60.7 Å². The molecule has 0 atom stereocenters. The second kappa shape index (κ2) is 10.2. The Kier molecular flexibility index (Phi) is 6.92. The third-order valence-electron chi connectivity index (χ3n) is 5.04. The maximum atomic E-state index is 10.9. The molecule has 0 saturated heterocycles. The zero-order chi connectivity index (χ0) is 22.3. The first-order valence-electron chi connectivity index (χ1n) is 10.4. The quantitative estimate of drug-likeness (QED) is 0.247. The highest BCUT2D eigenvalue weighted by molar-refractivity contribution is 7.99. The third-order valence-corrected chi connectivity index (χ3v) is 6.06. The number of thioether (sulfide) groups is 1. The fraction of sp³-hybridized carbons (Fsp3) is 0.154. The number of aromatic nitrogens is 2. The Balaban J connectivity index is 1.88. The highest BCUT2D eigenvalue weighted by atomic mass is 32.2. The Morgan fingerprint density at radius 3 is 2.16 bits per heavy atom. The van der Waals surface area contributed by atoms with E-state index in [2.05, 4.69) is 28.8 Å². The number of nitrogens with zero attached hydrogens (tertiary/aromatic N) is 2. The molecule has 3 aromatic carbocycles. The molecule has 4 aromatic rings. The lowest BCUT2D eigenvalue weighted by atomic mass is 10.0. The topological polar surface area (TPSA) is 64.3 Å². The molecule has 1 N–H and O–H groups in total. The normalized spacial score (nSPS) is 10.8. The summed E-state index contributed by atoms with van der Waals surface area (Å²) in [6, 6.07) is 28.3. The van der Waals surface area contributed by atoms with Crippen molar-refractivity contribution in [3.63, 3.8) is 0 Å². The number of carboxylic acid groups (broad SMARTS) is 1. The Hall–Kier alpha value is -3.51. The summed E-state index contributed by atoms with van der Waals surface area (Å²) in [7, 11) is 1.65. The van der Waals surface area contributed by atoms with Crippen LogP contribution in [0.4, 0.5) is 0 Å². The monoisotopic (exact) mass is 444 g/mol. The lowest BCUT2D eigenvalue weighted by Crippen LogP contribution is -2.01. The SMILES string of the molecule is COc1ccc(-n2c(SCCCC(=O)O)nc(-c3ccccc3)c2-c2ccccc2)cc1. The summed E-state index contributed by atoms with van der Waals surface area (Å²) in [5.41, 5.74) is 4.97. The highest BCUT2D eigenvalue weighted by Crippen LogP contribution is 2.38. The molecule has 0 saturated carbocycles. The van der Waals surface area contributed by atoms with Crippen molar-refractivity contribution >= 4 is 17.7 Å². The molecule has 0 radical (unpaired) electrons. The van der Waals surface area contributed by atoms with E-state index in [-0.39, 0.29) is 6.42 Å². The lowest BCUT2D eigenvalue weighted by Gasteiger charge is -2.14. The van der Waals surface area contributed by atoms with Crippen LogP contribution in [0.1, 0.15) is 12.8 Å². The van der Waals surface area contributed by atoms with Crippen molar-refractivity contribution in [3.8, 4) is 34.0 Å². The fourth-order valence-electron chi connectivity index (χ4n) is 3.51. The first-order valence-corrected chi connectivity index (χ1v) is 11.4. The first-order chi connectivity index (χ1) is 15.7. The number of hydrogen-bond donors (Lipinski definition) is 1. The predicted octanol–water partition coefficient (Wildman–Crippen LogP) is 6.17. The average molecular weight is 445 g/mol. The summed E-state index contributed by atoms with van der Waals surface area (Å²) in [6.45, 7) is 0. The molecule has 4 rings (SSSR count). The number of methoxy groups -OCH3 is 1. The van der Waals surface area contributed by atoms with Crippen LogP contribution >= 0.6 is 11.8 Å². The van der Waals surface area contributed by atoms with E-state index in [0.29, 0.717) is 12.2 Å². The van der Waals surface area contributed by atoms with Gasteiger partial charge in [-0.25, -0.2) is 4.98 Å². The molecule has 1 aromatic heterocycles. The van der Waals surface area contributed by atoms with Gasteiger partial charge in [-0.1, -0.05) is 72.4 Å². The largest absolute Gasteiger partial charge is 0.497 e. The van der Waals surface area contributed by atoms with Gasteiger partial charge in [0.2, 0.25) is 0 Å². The molecule has 0 bridgehead atoms. The van der Waals surface area contributed by atoms with E-state index in [0.717, 1.165) is 39.1 Å². The van der Waals surface area contributed by atoms with E-state index < -0.39 is 5.97 Å². The number of aliphatic carboxylic acids is 1. The minimum absolute atomic E-state index is 0.146. The number of carboxylic acids is 1. The predicted molar refractivity (Wildman–Crippen MR) is 129 cm³/mol. The van der Waals surface area contributed by atoms with Crippen LogP contribution in [0.25, 0.3) is 28.2 Å². The molecule has 0 fully saturated rings. The van der Waals surface area contributed by atoms with Gasteiger partial charge in [0.05, 0.1) is 18.5 Å². The van der Waals surface area contributed by atoms with Gasteiger partial charge in [-0.15, -0.1) is 0 Å². The van der Waals surface area contributed by atoms with Gasteiger partial charge in [-0.2, -0.15) is 0 Å². The molecular weight excluding hydrogens is 420 g/mol. The number of rotatable bonds is 9. The minimum Gasteiger partial charge on any atom is -0.497 e. The zero-order valence-corrected chi connectivity index (χ0v) is 18.6. The van der Waals surface area contributed by atoms with Crippen LogP contribution in [0.3, 0.4) is 0 Å². The van der Waals surface area contributed by atoms with Gasteiger partial charge in [0.15, 0.2) is 5.16 Å². The highest BCUT2D eigenvalue weighted by Gasteiger charge is 2.21. The Labute approximate surface area is 191 Å². The van der Waals surface area contributed by atoms with Crippen molar-refractivity contribution < 1.29 is 14.6 Å². The molecule has 0 amide bonds. The second-order valence-electron chi connectivity index (χ2n) is 7.20. The summed E-state index contributed by atoms with van der Waals surface area (Å²) in [4.78, 5) is 16.0. The number of carbonyl (C=O) groups is 1. The van der Waals surface area contributed by atoms with E-state index in [4.69, 9.17) is 14.8 Å². The van der Waals surface area contributed by atoms with Gasteiger partial charge in [0.1, 0.15) is 5.75 Å². The van der Waals surface area contributed by atoms with Crippen LogP contribution in [-0.2, 0) is 4.79 Å². The van der Waals surface area contributed by atoms with Gasteiger partial charge >= 0.3 is 5.97 Å². The molecule has 0 spiro atoms. The summed E-state index contributed by atoms with van der Waals surface area (Å²) in [5, 5.41) is 9.83. The van der Waals surface area contributed by atoms with E-state index in [1.165, 1.54) is 0 Å². The van der Waals surface area contributed by atoms with Crippen molar-refractivity contribution in [3.05, 3.63) is 84.9 Å². The standard InChI is InChI=1S/C26H24N2O3S/c1-31-22-16-14-21(15-17-22)28-25(20-11-6-3-7-12-20)24(19-9-4-2-5-10-19)27-26(28)32-18-8-13-23(29)30/h2-7,9-12,14-17H,8,13,18H2,1H3,(H,29,30). The molecule has 0 aliphatic rings. The number of benzene rings is 3. The van der Waals surface area contributed by atoms with Crippen molar-refractivity contribution in [2.45, 2.75) is 18.0 Å². The molecule has 6 heteroatoms. The van der Waals surface area contributed by atoms with Crippen LogP contribution in [0, 0.1) is 0 Å². The first kappa shape index (κ1) is 21.7. The van der Waals surface area contributed by atoms with Crippen LogP contribution in [-0.4, -0.2) is 33.5 Å². The summed E-state index contributed by atoms with van der Waals surface area (Å²) in [6.07, 6.45) is 0.726. The molecule has 0 aliphatic carbocycles. The van der Waals surface area contributed by atoms with E-state index >= 15 is 0 Å². The van der Waals surface area contributed by atoms with E-state index in [1.54, 1.807) is 18.9 Å². The molecule has 162 valence electrons. The van der Waals surface area contributed by atoms with Gasteiger partial charge < -0.3 is 9.84 Å². The van der Waals surface area contributed by atoms with Crippen molar-refractivity contribution in [2.24, 2.45) is 0 Å². The molecule has 0 aliphatic heterocycles. The second-order valence-corrected chi connectivity index (χ2v) is 8.26. The third kappa shape index (κ3) is 4.86. The maximum absolute atomic E-state index is 10.9. The van der Waals surface area contributed by atoms with Crippen LogP contribution in [0.15, 0.2) is 90.1 Å². The van der Waals surface area contributed by atoms with E-state index in [9.17, 15) is 4.79 Å². The maximum Gasteiger partial charge on any atom is 0.303 e. The molecule has 32 heavy (non-hydrogen) atoms. The number of imidazole rings is 1. The molecule has 0 unspecified atom stereocenters. The van der Waals surface area contributed by atoms with Gasteiger partial charge in [0, 0.05) is 29.0 Å². The average Bonchev–Trinajstić information content (AvgIpc) is 3.22. The lowest BCUT2D eigenvalue weighted by molar-refractivity contribution is -0.137. The van der Waals surface area contributed by atoms with Crippen LogP contribution < -0.4 is 4.74 Å². The number of hydrogen-bond acceptors (Lipinski definition) is 4. The van der Waals surface area contributed by atoms with Crippen LogP contribution in [0.5, 0.6) is 5.75 Å². The van der Waals surface area contributed by atoms with Crippen molar-refractivity contribution in [1.82, 2.24) is 9.55 Å². The zero-order valence-electron chi connectivity index (χ0n) is 17.8. The summed E-state index contributed by atoms with van der Waals surface area (Å²) in [5.74, 6) is 0.676. The Morgan fingerprint density at radius 2 is 1.56 bits per heavy atom. The van der Waals surface area contributed by atoms with Gasteiger partial charge in [-0.05, 0) is 30.7 Å². The Bertz CT molecular complexity index is 1170. The van der Waals surface area contributed by atoms with Crippen LogP contribution in [0.2, 0.25) is 0 Å². The summed E-state index contributed by atoms with van der Waals surface area (Å²) < 4.78 is 7.50. The minimum atomic E-state index is -0.779. The molecule has 5 nitrogen and oxygen atoms in total. The van der Waals surface area contributed by atoms with Crippen molar-refractivity contribution in [2.75, 3.05) is 12.9 Å². The Morgan fingerprint density at radius 1 is 0.938 bits per heavy atom. The van der Waals surface area contributed by atoms with Crippen molar-refractivity contribution in [1.29, 1.82) is 0 Å².